The molecule has 1 fully saturated rings. The Bertz CT molecular complexity index is 585. The third-order valence-electron chi connectivity index (χ3n) is 2.96. The van der Waals surface area contributed by atoms with Crippen LogP contribution in [-0.2, 0) is 9.47 Å². The van der Waals surface area contributed by atoms with Crippen molar-refractivity contribution < 1.29 is 24.5 Å². The minimum atomic E-state index is -1.81. The van der Waals surface area contributed by atoms with Crippen molar-refractivity contribution in [2.24, 2.45) is 10.8 Å². The van der Waals surface area contributed by atoms with E-state index in [1.807, 2.05) is 0 Å². The second-order valence-electron chi connectivity index (χ2n) is 4.32. The number of carbonyl (C=O) groups excluding carboxylic acids is 1. The molecule has 0 aromatic carbocycles. The third-order valence-corrected chi connectivity index (χ3v) is 2.96. The van der Waals surface area contributed by atoms with Crippen LogP contribution >= 0.6 is 0 Å². The molecule has 1 saturated heterocycles. The number of amides is 1. The first-order valence-corrected chi connectivity index (χ1v) is 5.75. The Morgan fingerprint density at radius 3 is 3.00 bits per heavy atom. The molecule has 0 unspecified atom stereocenters. The van der Waals surface area contributed by atoms with Crippen LogP contribution in [0.1, 0.15) is 16.8 Å². The van der Waals surface area contributed by atoms with Crippen LogP contribution in [0.5, 0.6) is 0 Å². The molecule has 1 amide bonds. The number of primary amides is 1. The molecular weight excluding hydrogens is 286 g/mol. The first-order valence-electron chi connectivity index (χ1n) is 5.75. The number of aliphatic hydroxyl groups excluding tert-OH is 2. The minimum Gasteiger partial charge on any atom is -0.387 e. The fraction of sp³-hybridized carbons (Fsp3) is 0.667. The number of nitrogens with two attached hydrogens (primary N) is 1. The highest BCUT2D eigenvalue weighted by molar-refractivity contribution is 5.88. The minimum absolute atomic E-state index is 0.284. The van der Waals surface area contributed by atoms with Crippen LogP contribution < -0.4 is 5.73 Å². The summed E-state index contributed by atoms with van der Waals surface area (Å²) in [7, 11) is 1.31. The maximum atomic E-state index is 11.0. The lowest BCUT2D eigenvalue weighted by Crippen LogP contribution is -2.44. The summed E-state index contributed by atoms with van der Waals surface area (Å²) in [6.45, 7) is -0.289. The summed E-state index contributed by atoms with van der Waals surface area (Å²) in [6, 6.07) is 0. The Kier molecular flexibility index (Phi) is 4.06. The van der Waals surface area contributed by atoms with E-state index < -0.39 is 30.1 Å². The molecule has 0 aliphatic carbocycles. The summed E-state index contributed by atoms with van der Waals surface area (Å²) in [5.74, 6) is -1.15. The second kappa shape index (κ2) is 5.63. The summed E-state index contributed by atoms with van der Waals surface area (Å²) >= 11 is 0. The molecule has 4 N–H and O–H groups in total. The van der Waals surface area contributed by atoms with Crippen molar-refractivity contribution in [2.45, 2.75) is 24.2 Å². The summed E-state index contributed by atoms with van der Waals surface area (Å²) in [5, 5.41) is 27.2. The standard InChI is InChI=1S/C9H13N7O5/c1-20-2-9(14-15-11)5(18)4(17)8(21-9)16-3-12-7(13-16)6(10)19/h3-5,8,17-18H,2H2,1H3,(H2,10,19)/t4-,5+,8-,9-/m1/s1. The van der Waals surface area contributed by atoms with Crippen LogP contribution in [-0.4, -0.2) is 62.5 Å². The molecule has 0 bridgehead atoms. The van der Waals surface area contributed by atoms with Gasteiger partial charge in [0.2, 0.25) is 11.5 Å². The monoisotopic (exact) mass is 299 g/mol. The highest BCUT2D eigenvalue weighted by Crippen LogP contribution is 2.38. The van der Waals surface area contributed by atoms with Gasteiger partial charge in [0.15, 0.2) is 6.23 Å². The van der Waals surface area contributed by atoms with Crippen LogP contribution in [0.25, 0.3) is 10.4 Å². The zero-order valence-corrected chi connectivity index (χ0v) is 10.9. The van der Waals surface area contributed by atoms with E-state index in [4.69, 9.17) is 20.7 Å². The fourth-order valence-corrected chi connectivity index (χ4v) is 2.01. The molecule has 0 saturated carbocycles. The number of aliphatic hydroxyl groups is 2. The number of aromatic nitrogens is 3. The van der Waals surface area contributed by atoms with Crippen LogP contribution in [0.3, 0.4) is 0 Å². The van der Waals surface area contributed by atoms with Crippen molar-refractivity contribution in [2.75, 3.05) is 13.7 Å². The molecule has 114 valence electrons. The van der Waals surface area contributed by atoms with Crippen molar-refractivity contribution in [1.29, 1.82) is 0 Å². The molecule has 12 nitrogen and oxygen atoms in total. The summed E-state index contributed by atoms with van der Waals surface area (Å²) in [5.41, 5.74) is 11.8. The highest BCUT2D eigenvalue weighted by Gasteiger charge is 2.55. The van der Waals surface area contributed by atoms with Crippen molar-refractivity contribution in [3.63, 3.8) is 0 Å². The molecule has 0 spiro atoms. The molecule has 12 heteroatoms. The average molecular weight is 299 g/mol. The first-order chi connectivity index (χ1) is 9.95. The summed E-state index contributed by atoms with van der Waals surface area (Å²) in [6.07, 6.45) is -3.16. The first kappa shape index (κ1) is 15.2. The second-order valence-corrected chi connectivity index (χ2v) is 4.32. The number of hydrogen-bond acceptors (Lipinski definition) is 8. The van der Waals surface area contributed by atoms with E-state index in [0.29, 0.717) is 0 Å². The van der Waals surface area contributed by atoms with Gasteiger partial charge in [-0.3, -0.25) is 4.79 Å². The van der Waals surface area contributed by atoms with Crippen LogP contribution in [0, 0.1) is 0 Å². The van der Waals surface area contributed by atoms with E-state index in [9.17, 15) is 15.0 Å². The molecule has 0 radical (unpaired) electrons. The smallest absolute Gasteiger partial charge is 0.288 e. The Morgan fingerprint density at radius 1 is 1.76 bits per heavy atom. The Balaban J connectivity index is 2.33. The summed E-state index contributed by atoms with van der Waals surface area (Å²) in [4.78, 5) is 17.2. The van der Waals surface area contributed by atoms with Gasteiger partial charge >= 0.3 is 0 Å². The van der Waals surface area contributed by atoms with Gasteiger partial charge < -0.3 is 25.4 Å². The van der Waals surface area contributed by atoms with E-state index >= 15 is 0 Å². The number of rotatable bonds is 5. The van der Waals surface area contributed by atoms with Gasteiger partial charge in [-0.2, -0.15) is 0 Å². The van der Waals surface area contributed by atoms with Gasteiger partial charge in [0.25, 0.3) is 5.91 Å². The Hall–Kier alpha value is -2.24. The molecule has 1 aliphatic heterocycles. The maximum Gasteiger partial charge on any atom is 0.288 e. The van der Waals surface area contributed by atoms with Gasteiger partial charge in [-0.1, -0.05) is 5.11 Å². The predicted molar refractivity (Wildman–Crippen MR) is 64.4 cm³/mol. The van der Waals surface area contributed by atoms with Gasteiger partial charge in [-0.15, -0.1) is 5.10 Å². The van der Waals surface area contributed by atoms with E-state index in [2.05, 4.69) is 20.1 Å². The van der Waals surface area contributed by atoms with Crippen LogP contribution in [0.15, 0.2) is 11.4 Å². The van der Waals surface area contributed by atoms with Gasteiger partial charge in [0.05, 0.1) is 6.61 Å². The molecule has 4 atom stereocenters. The predicted octanol–water partition coefficient (Wildman–Crippen LogP) is -1.72. The van der Waals surface area contributed by atoms with E-state index in [1.54, 1.807) is 0 Å². The third kappa shape index (κ3) is 2.53. The number of nitrogens with zero attached hydrogens (tertiary/aromatic N) is 6. The number of ether oxygens (including phenoxy) is 2. The quantitative estimate of drug-likeness (QED) is 0.328. The average Bonchev–Trinajstić information content (AvgIpc) is 3.00. The Morgan fingerprint density at radius 2 is 2.48 bits per heavy atom. The molecule has 1 aliphatic rings. The zero-order chi connectivity index (χ0) is 15.6. The lowest BCUT2D eigenvalue weighted by Gasteiger charge is -2.25. The van der Waals surface area contributed by atoms with Gasteiger partial charge in [-0.05, 0) is 5.53 Å². The van der Waals surface area contributed by atoms with Crippen LogP contribution in [0.2, 0.25) is 0 Å². The molecular formula is C9H13N7O5. The fourth-order valence-electron chi connectivity index (χ4n) is 2.01. The van der Waals surface area contributed by atoms with Crippen LogP contribution in [0.4, 0.5) is 0 Å². The number of azide groups is 1. The molecule has 2 heterocycles. The number of methoxy groups -OCH3 is 1. The number of hydrogen-bond donors (Lipinski definition) is 3. The van der Waals surface area contributed by atoms with Crippen molar-refractivity contribution >= 4 is 5.91 Å². The maximum absolute atomic E-state index is 11.0. The Labute approximate surface area is 117 Å². The molecule has 1 aromatic heterocycles. The SMILES string of the molecule is COC[C@@]1(N=[N+]=[N-])O[C@@H](n2cnc(C(N)=O)n2)[C@H](O)[C@@H]1O. The lowest BCUT2D eigenvalue weighted by atomic mass is 10.1. The van der Waals surface area contributed by atoms with Gasteiger partial charge in [-0.25, -0.2) is 9.67 Å². The molecule has 21 heavy (non-hydrogen) atoms. The normalized spacial score (nSPS) is 31.9. The highest BCUT2D eigenvalue weighted by atomic mass is 16.6. The lowest BCUT2D eigenvalue weighted by molar-refractivity contribution is -0.133. The molecule has 1 aromatic rings. The van der Waals surface area contributed by atoms with E-state index in [1.165, 1.54) is 7.11 Å². The summed E-state index contributed by atoms with van der Waals surface area (Å²) < 4.78 is 11.2. The topological polar surface area (TPSA) is 181 Å². The van der Waals surface area contributed by atoms with E-state index in [0.717, 1.165) is 11.0 Å². The zero-order valence-electron chi connectivity index (χ0n) is 10.9. The van der Waals surface area contributed by atoms with Crippen molar-refractivity contribution in [3.8, 4) is 0 Å². The number of carbonyl (C=O) groups is 1. The van der Waals surface area contributed by atoms with Crippen molar-refractivity contribution in [1.82, 2.24) is 14.8 Å². The van der Waals surface area contributed by atoms with Crippen molar-refractivity contribution in [3.05, 3.63) is 22.6 Å². The van der Waals surface area contributed by atoms with Gasteiger partial charge in [0, 0.05) is 12.0 Å². The van der Waals surface area contributed by atoms with E-state index in [-0.39, 0.29) is 12.4 Å². The van der Waals surface area contributed by atoms with Gasteiger partial charge in [0.1, 0.15) is 18.5 Å². The molecule has 2 rings (SSSR count). The largest absolute Gasteiger partial charge is 0.387 e.